The molecular formula is C20H21N3O6. The number of non-ortho nitro benzene ring substituents is 1. The van der Waals surface area contributed by atoms with Gasteiger partial charge < -0.3 is 9.47 Å². The van der Waals surface area contributed by atoms with E-state index in [1.54, 1.807) is 0 Å². The molecule has 0 aromatic heterocycles. The van der Waals surface area contributed by atoms with Crippen LogP contribution in [0.15, 0.2) is 54.6 Å². The number of methoxy groups -OCH3 is 2. The Morgan fingerprint density at radius 1 is 0.966 bits per heavy atom. The van der Waals surface area contributed by atoms with Gasteiger partial charge in [-0.1, -0.05) is 30.3 Å². The third kappa shape index (κ3) is 3.57. The Balaban J connectivity index is 2.18. The number of nitrogens with zero attached hydrogens (tertiary/aromatic N) is 3. The standard InChI is InChI=1S/C20H21N3O6/c1-28-13-21-18(24)20(22(14-29-2)19(21)25,12-15-6-4-3-5-7-15)16-8-10-17(11-9-16)23(26)27/h3-11H,12-14H2,1-2H3/t20-/m1/s1. The van der Waals surface area contributed by atoms with Gasteiger partial charge in [0.25, 0.3) is 11.6 Å². The van der Waals surface area contributed by atoms with Crippen LogP contribution in [0.1, 0.15) is 11.1 Å². The van der Waals surface area contributed by atoms with Crippen molar-refractivity contribution in [2.45, 2.75) is 12.0 Å². The van der Waals surface area contributed by atoms with Crippen LogP contribution >= 0.6 is 0 Å². The largest absolute Gasteiger partial charge is 0.364 e. The molecule has 152 valence electrons. The predicted molar refractivity (Wildman–Crippen MR) is 103 cm³/mol. The maximum Gasteiger partial charge on any atom is 0.331 e. The van der Waals surface area contributed by atoms with Crippen LogP contribution in [-0.2, 0) is 26.2 Å². The summed E-state index contributed by atoms with van der Waals surface area (Å²) in [4.78, 5) is 39.4. The first-order valence-corrected chi connectivity index (χ1v) is 8.86. The van der Waals surface area contributed by atoms with E-state index < -0.39 is 22.4 Å². The van der Waals surface area contributed by atoms with Crippen LogP contribution in [0.2, 0.25) is 0 Å². The Kier molecular flexibility index (Phi) is 5.90. The lowest BCUT2D eigenvalue weighted by molar-refractivity contribution is -0.384. The minimum atomic E-state index is -1.41. The van der Waals surface area contributed by atoms with E-state index >= 15 is 0 Å². The highest BCUT2D eigenvalue weighted by Gasteiger charge is 2.58. The van der Waals surface area contributed by atoms with Gasteiger partial charge in [0, 0.05) is 32.8 Å². The van der Waals surface area contributed by atoms with Crippen LogP contribution in [0.4, 0.5) is 10.5 Å². The zero-order valence-corrected chi connectivity index (χ0v) is 16.1. The summed E-state index contributed by atoms with van der Waals surface area (Å²) in [5, 5.41) is 11.1. The molecule has 0 saturated carbocycles. The second-order valence-electron chi connectivity index (χ2n) is 6.61. The highest BCUT2D eigenvalue weighted by Crippen LogP contribution is 2.41. The van der Waals surface area contributed by atoms with Crippen LogP contribution in [0.25, 0.3) is 0 Å². The Hall–Kier alpha value is -3.30. The van der Waals surface area contributed by atoms with Gasteiger partial charge in [-0.3, -0.25) is 19.8 Å². The molecule has 9 heteroatoms. The van der Waals surface area contributed by atoms with Crippen molar-refractivity contribution < 1.29 is 24.0 Å². The normalized spacial score (nSPS) is 19.1. The summed E-state index contributed by atoms with van der Waals surface area (Å²) in [6.45, 7) is -0.337. The number of amides is 3. The molecular weight excluding hydrogens is 378 g/mol. The maximum absolute atomic E-state index is 13.5. The van der Waals surface area contributed by atoms with Gasteiger partial charge in [-0.2, -0.15) is 0 Å². The van der Waals surface area contributed by atoms with Crippen LogP contribution < -0.4 is 0 Å². The first kappa shape index (κ1) is 20.4. The summed E-state index contributed by atoms with van der Waals surface area (Å²) in [5.41, 5.74) is -0.233. The zero-order valence-electron chi connectivity index (χ0n) is 16.1. The Morgan fingerprint density at radius 3 is 2.14 bits per heavy atom. The molecule has 3 amide bonds. The van der Waals surface area contributed by atoms with Gasteiger partial charge in [0.15, 0.2) is 5.54 Å². The monoisotopic (exact) mass is 399 g/mol. The molecule has 0 aliphatic carbocycles. The van der Waals surface area contributed by atoms with Crippen LogP contribution in [-0.4, -0.2) is 54.3 Å². The van der Waals surface area contributed by atoms with Crippen LogP contribution in [0.5, 0.6) is 0 Å². The zero-order chi connectivity index (χ0) is 21.0. The lowest BCUT2D eigenvalue weighted by atomic mass is 9.82. The molecule has 1 heterocycles. The first-order chi connectivity index (χ1) is 14.0. The summed E-state index contributed by atoms with van der Waals surface area (Å²) in [7, 11) is 2.82. The molecule has 1 aliphatic rings. The van der Waals surface area contributed by atoms with E-state index in [9.17, 15) is 19.7 Å². The van der Waals surface area contributed by atoms with Gasteiger partial charge in [0.2, 0.25) is 0 Å². The summed E-state index contributed by atoms with van der Waals surface area (Å²) < 4.78 is 10.3. The van der Waals surface area contributed by atoms with Crippen molar-refractivity contribution in [3.05, 3.63) is 75.8 Å². The molecule has 9 nitrogen and oxygen atoms in total. The molecule has 29 heavy (non-hydrogen) atoms. The van der Waals surface area contributed by atoms with Crippen molar-refractivity contribution in [3.63, 3.8) is 0 Å². The highest BCUT2D eigenvalue weighted by molar-refractivity contribution is 6.07. The number of benzene rings is 2. The van der Waals surface area contributed by atoms with Crippen molar-refractivity contribution >= 4 is 17.6 Å². The van der Waals surface area contributed by atoms with Gasteiger partial charge in [-0.05, 0) is 23.3 Å². The van der Waals surface area contributed by atoms with E-state index in [-0.39, 0.29) is 25.6 Å². The molecule has 0 unspecified atom stereocenters. The molecule has 0 bridgehead atoms. The number of urea groups is 1. The minimum Gasteiger partial charge on any atom is -0.364 e. The van der Waals surface area contributed by atoms with E-state index in [1.165, 1.54) is 43.4 Å². The number of carbonyl (C=O) groups excluding carboxylic acids is 2. The van der Waals surface area contributed by atoms with Gasteiger partial charge in [0.1, 0.15) is 13.5 Å². The molecule has 0 radical (unpaired) electrons. The molecule has 1 aliphatic heterocycles. The molecule has 1 saturated heterocycles. The van der Waals surface area contributed by atoms with E-state index in [0.717, 1.165) is 10.5 Å². The van der Waals surface area contributed by atoms with E-state index in [4.69, 9.17) is 9.47 Å². The van der Waals surface area contributed by atoms with Crippen LogP contribution in [0.3, 0.4) is 0 Å². The number of ether oxygens (including phenoxy) is 2. The molecule has 1 fully saturated rings. The SMILES string of the molecule is COCN1C(=O)N(COC)[C@](Cc2ccccc2)(c2ccc([N+](=O)[O-])cc2)C1=O. The number of rotatable bonds is 8. The molecule has 0 spiro atoms. The predicted octanol–water partition coefficient (Wildman–Crippen LogP) is 2.50. The van der Waals surface area contributed by atoms with E-state index in [1.807, 2.05) is 30.3 Å². The highest BCUT2D eigenvalue weighted by atomic mass is 16.6. The molecule has 2 aromatic rings. The maximum atomic E-state index is 13.5. The number of nitro groups is 1. The van der Waals surface area contributed by atoms with Crippen molar-refractivity contribution in [1.29, 1.82) is 0 Å². The number of hydrogen-bond acceptors (Lipinski definition) is 6. The summed E-state index contributed by atoms with van der Waals surface area (Å²) >= 11 is 0. The van der Waals surface area contributed by atoms with E-state index in [2.05, 4.69) is 0 Å². The van der Waals surface area contributed by atoms with Crippen LogP contribution in [0, 0.1) is 10.1 Å². The average molecular weight is 399 g/mol. The second kappa shape index (κ2) is 8.38. The Labute approximate surface area is 167 Å². The van der Waals surface area contributed by atoms with Gasteiger partial charge >= 0.3 is 6.03 Å². The Bertz CT molecular complexity index is 902. The molecule has 3 rings (SSSR count). The summed E-state index contributed by atoms with van der Waals surface area (Å²) in [6, 6.07) is 14.4. The smallest absolute Gasteiger partial charge is 0.331 e. The fraction of sp³-hybridized carbons (Fsp3) is 0.300. The third-order valence-corrected chi connectivity index (χ3v) is 4.90. The average Bonchev–Trinajstić information content (AvgIpc) is 2.92. The van der Waals surface area contributed by atoms with Crippen molar-refractivity contribution in [3.8, 4) is 0 Å². The Morgan fingerprint density at radius 2 is 1.59 bits per heavy atom. The van der Waals surface area contributed by atoms with Crippen molar-refractivity contribution in [2.24, 2.45) is 0 Å². The number of imide groups is 1. The molecule has 0 N–H and O–H groups in total. The third-order valence-electron chi connectivity index (χ3n) is 4.90. The number of hydrogen-bond donors (Lipinski definition) is 0. The second-order valence-corrected chi connectivity index (χ2v) is 6.61. The quantitative estimate of drug-likeness (QED) is 0.384. The first-order valence-electron chi connectivity index (χ1n) is 8.86. The van der Waals surface area contributed by atoms with Gasteiger partial charge in [0.05, 0.1) is 4.92 Å². The molecule has 2 aromatic carbocycles. The van der Waals surface area contributed by atoms with Crippen molar-refractivity contribution in [1.82, 2.24) is 9.80 Å². The molecule has 1 atom stereocenters. The topological polar surface area (TPSA) is 102 Å². The number of carbonyl (C=O) groups is 2. The summed E-state index contributed by atoms with van der Waals surface area (Å²) in [6.07, 6.45) is 0.180. The summed E-state index contributed by atoms with van der Waals surface area (Å²) in [5.74, 6) is -0.473. The van der Waals surface area contributed by atoms with Gasteiger partial charge in [-0.25, -0.2) is 9.69 Å². The fourth-order valence-electron chi connectivity index (χ4n) is 3.57. The fourth-order valence-corrected chi connectivity index (χ4v) is 3.57. The lowest BCUT2D eigenvalue weighted by Crippen LogP contribution is -2.49. The van der Waals surface area contributed by atoms with Crippen molar-refractivity contribution in [2.75, 3.05) is 27.7 Å². The number of nitro benzene ring substituents is 1. The van der Waals surface area contributed by atoms with Gasteiger partial charge in [-0.15, -0.1) is 0 Å². The van der Waals surface area contributed by atoms with E-state index in [0.29, 0.717) is 5.56 Å². The lowest BCUT2D eigenvalue weighted by Gasteiger charge is -2.35. The minimum absolute atomic E-state index is 0.104.